The van der Waals surface area contributed by atoms with Crippen LogP contribution in [0.5, 0.6) is 0 Å². The van der Waals surface area contributed by atoms with Crippen LogP contribution in [0.3, 0.4) is 0 Å². The zero-order valence-corrected chi connectivity index (χ0v) is 7.47. The zero-order chi connectivity index (χ0) is 7.40. The number of rotatable bonds is 3. The Morgan fingerprint density at radius 3 is 3.10 bits per heavy atom. The third-order valence-electron chi connectivity index (χ3n) is 0.759. The Labute approximate surface area is 72.5 Å². The second-order valence-electron chi connectivity index (χ2n) is 1.45. The Morgan fingerprint density at radius 2 is 2.60 bits per heavy atom. The number of hydrogen-bond acceptors (Lipinski definition) is 4. The van der Waals surface area contributed by atoms with E-state index in [0.717, 1.165) is 10.8 Å². The van der Waals surface area contributed by atoms with E-state index in [1.807, 2.05) is 0 Å². The quantitative estimate of drug-likeness (QED) is 0.544. The van der Waals surface area contributed by atoms with E-state index in [0.29, 0.717) is 4.34 Å². The topological polar surface area (TPSA) is 25.8 Å². The van der Waals surface area contributed by atoms with Gasteiger partial charge in [-0.05, 0) is 0 Å². The number of nitrogens with zero attached hydrogens (tertiary/aromatic N) is 2. The summed E-state index contributed by atoms with van der Waals surface area (Å²) in [5.41, 5.74) is 0. The first-order chi connectivity index (χ1) is 4.84. The Bertz CT molecular complexity index is 223. The molecule has 0 saturated carbocycles. The van der Waals surface area contributed by atoms with E-state index in [1.165, 1.54) is 11.5 Å². The third-order valence-corrected chi connectivity index (χ3v) is 2.86. The minimum atomic E-state index is 0.659. The number of halogens is 1. The van der Waals surface area contributed by atoms with Crippen molar-refractivity contribution in [2.75, 3.05) is 5.75 Å². The van der Waals surface area contributed by atoms with Crippen LogP contribution in [0.15, 0.2) is 17.7 Å². The van der Waals surface area contributed by atoms with E-state index < -0.39 is 0 Å². The lowest BCUT2D eigenvalue weighted by molar-refractivity contribution is 1.04. The van der Waals surface area contributed by atoms with Crippen LogP contribution in [0.2, 0.25) is 4.34 Å². The van der Waals surface area contributed by atoms with Gasteiger partial charge in [0.1, 0.15) is 4.34 Å². The average Bonchev–Trinajstić information content (AvgIpc) is 2.31. The summed E-state index contributed by atoms with van der Waals surface area (Å²) in [4.78, 5) is 0. The highest BCUT2D eigenvalue weighted by Crippen LogP contribution is 2.26. The van der Waals surface area contributed by atoms with Gasteiger partial charge in [-0.2, -0.15) is 0 Å². The Morgan fingerprint density at radius 1 is 1.80 bits per heavy atom. The van der Waals surface area contributed by atoms with Gasteiger partial charge in [-0.15, -0.1) is 11.7 Å². The number of thioether (sulfide) groups is 1. The highest BCUT2D eigenvalue weighted by atomic mass is 35.5. The lowest BCUT2D eigenvalue weighted by atomic mass is 10.8. The normalized spacial score (nSPS) is 9.70. The summed E-state index contributed by atoms with van der Waals surface area (Å²) in [5.74, 6) is 0.825. The van der Waals surface area contributed by atoms with Crippen molar-refractivity contribution in [1.29, 1.82) is 0 Å². The van der Waals surface area contributed by atoms with Crippen molar-refractivity contribution in [1.82, 2.24) is 9.59 Å². The van der Waals surface area contributed by atoms with Crippen LogP contribution in [0.1, 0.15) is 0 Å². The monoisotopic (exact) mass is 192 g/mol. The van der Waals surface area contributed by atoms with E-state index >= 15 is 0 Å². The summed E-state index contributed by atoms with van der Waals surface area (Å²) < 4.78 is 4.34. The van der Waals surface area contributed by atoms with Gasteiger partial charge in [0.15, 0.2) is 5.03 Å². The molecule has 0 aromatic carbocycles. The van der Waals surface area contributed by atoms with Gasteiger partial charge in [0.05, 0.1) is 0 Å². The molecule has 1 rings (SSSR count). The molecule has 54 valence electrons. The van der Waals surface area contributed by atoms with Crippen molar-refractivity contribution in [3.8, 4) is 0 Å². The molecule has 0 atom stereocenters. The van der Waals surface area contributed by atoms with Crippen LogP contribution >= 0.6 is 34.9 Å². The first-order valence-corrected chi connectivity index (χ1v) is 4.70. The van der Waals surface area contributed by atoms with Gasteiger partial charge in [0.25, 0.3) is 0 Å². The molecule has 0 aliphatic rings. The van der Waals surface area contributed by atoms with Gasteiger partial charge >= 0.3 is 0 Å². The van der Waals surface area contributed by atoms with Crippen LogP contribution in [-0.4, -0.2) is 15.3 Å². The van der Waals surface area contributed by atoms with E-state index in [1.54, 1.807) is 17.8 Å². The fourth-order valence-electron chi connectivity index (χ4n) is 0.395. The van der Waals surface area contributed by atoms with Gasteiger partial charge in [-0.25, -0.2) is 0 Å². The van der Waals surface area contributed by atoms with Crippen LogP contribution in [-0.2, 0) is 0 Å². The van der Waals surface area contributed by atoms with Crippen molar-refractivity contribution < 1.29 is 0 Å². The van der Waals surface area contributed by atoms with Crippen LogP contribution in [0, 0.1) is 0 Å². The van der Waals surface area contributed by atoms with Gasteiger partial charge in [0.2, 0.25) is 0 Å². The molecular formula is C5H5ClN2S2. The average molecular weight is 193 g/mol. The third kappa shape index (κ3) is 1.97. The lowest BCUT2D eigenvalue weighted by Gasteiger charge is -1.88. The maximum absolute atomic E-state index is 5.71. The summed E-state index contributed by atoms with van der Waals surface area (Å²) in [6, 6.07) is 0. The predicted molar refractivity (Wildman–Crippen MR) is 45.8 cm³/mol. The molecule has 0 N–H and O–H groups in total. The predicted octanol–water partition coefficient (Wildman–Crippen LogP) is 2.47. The van der Waals surface area contributed by atoms with Crippen molar-refractivity contribution in [3.05, 3.63) is 17.0 Å². The SMILES string of the molecule is C=CCSc1nnsc1Cl. The van der Waals surface area contributed by atoms with Gasteiger partial charge in [-0.3, -0.25) is 0 Å². The van der Waals surface area contributed by atoms with Gasteiger partial charge in [-0.1, -0.05) is 33.9 Å². The maximum Gasteiger partial charge on any atom is 0.150 e. The minimum absolute atomic E-state index is 0.659. The fraction of sp³-hybridized carbons (Fsp3) is 0.200. The smallest absolute Gasteiger partial charge is 0.130 e. The maximum atomic E-state index is 5.71. The number of aromatic nitrogens is 2. The second kappa shape index (κ2) is 3.95. The summed E-state index contributed by atoms with van der Waals surface area (Å²) in [6.07, 6.45) is 1.81. The molecule has 0 amide bonds. The first-order valence-electron chi connectivity index (χ1n) is 2.56. The Balaban J connectivity index is 2.56. The lowest BCUT2D eigenvalue weighted by Crippen LogP contribution is -1.73. The molecule has 1 aromatic rings. The second-order valence-corrected chi connectivity index (χ2v) is 3.82. The van der Waals surface area contributed by atoms with Crippen LogP contribution in [0.4, 0.5) is 0 Å². The molecule has 5 heteroatoms. The molecule has 1 aromatic heterocycles. The van der Waals surface area contributed by atoms with Gasteiger partial charge in [0, 0.05) is 17.3 Å². The summed E-state index contributed by atoms with van der Waals surface area (Å²) >= 11 is 8.46. The largest absolute Gasteiger partial charge is 0.150 e. The minimum Gasteiger partial charge on any atom is -0.130 e. The van der Waals surface area contributed by atoms with Crippen molar-refractivity contribution in [2.24, 2.45) is 0 Å². The Hall–Kier alpha value is -0.0600. The van der Waals surface area contributed by atoms with Crippen LogP contribution in [0.25, 0.3) is 0 Å². The summed E-state index contributed by atoms with van der Waals surface area (Å²) in [6.45, 7) is 3.58. The number of hydrogen-bond donors (Lipinski definition) is 0. The molecule has 2 nitrogen and oxygen atoms in total. The molecule has 0 aliphatic heterocycles. The first kappa shape index (κ1) is 8.04. The molecule has 10 heavy (non-hydrogen) atoms. The van der Waals surface area contributed by atoms with E-state index in [4.69, 9.17) is 11.6 Å². The molecule has 0 fully saturated rings. The molecule has 0 unspecified atom stereocenters. The summed E-state index contributed by atoms with van der Waals surface area (Å²) in [5, 5.41) is 4.60. The molecule has 1 heterocycles. The molecule has 0 saturated heterocycles. The van der Waals surface area contributed by atoms with E-state index in [9.17, 15) is 0 Å². The van der Waals surface area contributed by atoms with Crippen molar-refractivity contribution in [3.63, 3.8) is 0 Å². The molecular weight excluding hydrogens is 188 g/mol. The summed E-state index contributed by atoms with van der Waals surface area (Å²) in [7, 11) is 0. The van der Waals surface area contributed by atoms with Crippen molar-refractivity contribution in [2.45, 2.75) is 5.03 Å². The van der Waals surface area contributed by atoms with E-state index in [2.05, 4.69) is 16.2 Å². The zero-order valence-electron chi connectivity index (χ0n) is 5.08. The molecule has 0 aliphatic carbocycles. The van der Waals surface area contributed by atoms with Gasteiger partial charge < -0.3 is 0 Å². The fourth-order valence-corrected chi connectivity index (χ4v) is 1.83. The molecule has 0 radical (unpaired) electrons. The van der Waals surface area contributed by atoms with Crippen LogP contribution < -0.4 is 0 Å². The van der Waals surface area contributed by atoms with E-state index in [-0.39, 0.29) is 0 Å². The highest BCUT2D eigenvalue weighted by Gasteiger charge is 2.02. The van der Waals surface area contributed by atoms with Crippen molar-refractivity contribution >= 4 is 34.9 Å². The Kier molecular flexibility index (Phi) is 3.18. The molecule has 0 bridgehead atoms. The molecule has 0 spiro atoms. The highest BCUT2D eigenvalue weighted by molar-refractivity contribution is 7.99. The standard InChI is InChI=1S/C5H5ClN2S2/c1-2-3-9-5-4(6)10-8-7-5/h2H,1,3H2.